The quantitative estimate of drug-likeness (QED) is 0.871. The average molecular weight is 253 g/mol. The Hall–Kier alpha value is -1.42. The van der Waals surface area contributed by atoms with E-state index in [2.05, 4.69) is 0 Å². The Morgan fingerprint density at radius 1 is 1.44 bits per heavy atom. The van der Waals surface area contributed by atoms with Crippen LogP contribution in [-0.2, 0) is 11.2 Å². The highest BCUT2D eigenvalue weighted by molar-refractivity contribution is 5.78. The van der Waals surface area contributed by atoms with Crippen molar-refractivity contribution in [3.05, 3.63) is 35.6 Å². The minimum atomic E-state index is -0.923. The van der Waals surface area contributed by atoms with Crippen LogP contribution in [0.3, 0.4) is 0 Å². The molecule has 1 N–H and O–H groups in total. The zero-order valence-electron chi connectivity index (χ0n) is 11.1. The van der Waals surface area contributed by atoms with Crippen LogP contribution in [0.15, 0.2) is 24.3 Å². The molecule has 0 bridgehead atoms. The van der Waals surface area contributed by atoms with Crippen molar-refractivity contribution in [1.82, 2.24) is 4.90 Å². The molecule has 0 radical (unpaired) electrons. The number of likely N-dealkylation sites (N-methyl/N-ethyl adjacent to an activating group) is 1. The minimum absolute atomic E-state index is 0.106. The van der Waals surface area contributed by atoms with Crippen LogP contribution in [0, 0.1) is 5.82 Å². The maximum absolute atomic E-state index is 13.0. The molecule has 100 valence electrons. The molecule has 1 aromatic carbocycles. The fourth-order valence-corrected chi connectivity index (χ4v) is 1.78. The van der Waals surface area contributed by atoms with E-state index in [1.54, 1.807) is 30.9 Å². The van der Waals surface area contributed by atoms with Gasteiger partial charge >= 0.3 is 0 Å². The Morgan fingerprint density at radius 2 is 2.11 bits per heavy atom. The summed E-state index contributed by atoms with van der Waals surface area (Å²) in [6, 6.07) is 6.02. The van der Waals surface area contributed by atoms with Crippen molar-refractivity contribution in [2.75, 3.05) is 13.1 Å². The molecule has 0 spiro atoms. The van der Waals surface area contributed by atoms with Crippen LogP contribution in [0.25, 0.3) is 0 Å². The standard InChI is InChI=1S/C14H20FNO2/c1-4-16(10-14(2,3)18)13(17)9-11-6-5-7-12(15)8-11/h5-8,18H,4,9-10H2,1-3H3. The third-order valence-corrected chi connectivity index (χ3v) is 2.56. The molecule has 0 heterocycles. The predicted molar refractivity (Wildman–Crippen MR) is 68.7 cm³/mol. The van der Waals surface area contributed by atoms with Crippen molar-refractivity contribution < 1.29 is 14.3 Å². The molecule has 0 aliphatic rings. The lowest BCUT2D eigenvalue weighted by atomic mass is 10.1. The number of benzene rings is 1. The van der Waals surface area contributed by atoms with E-state index >= 15 is 0 Å². The van der Waals surface area contributed by atoms with Gasteiger partial charge in [-0.15, -0.1) is 0 Å². The van der Waals surface area contributed by atoms with Gasteiger partial charge in [0.15, 0.2) is 0 Å². The van der Waals surface area contributed by atoms with Gasteiger partial charge in [-0.05, 0) is 38.5 Å². The van der Waals surface area contributed by atoms with Crippen molar-refractivity contribution in [1.29, 1.82) is 0 Å². The highest BCUT2D eigenvalue weighted by Gasteiger charge is 2.21. The van der Waals surface area contributed by atoms with Crippen LogP contribution in [0.2, 0.25) is 0 Å². The van der Waals surface area contributed by atoms with Gasteiger partial charge in [0.1, 0.15) is 5.82 Å². The van der Waals surface area contributed by atoms with Crippen LogP contribution in [0.1, 0.15) is 26.3 Å². The van der Waals surface area contributed by atoms with Gasteiger partial charge in [0.2, 0.25) is 5.91 Å². The second-order valence-corrected chi connectivity index (χ2v) is 5.03. The second-order valence-electron chi connectivity index (χ2n) is 5.03. The fraction of sp³-hybridized carbons (Fsp3) is 0.500. The van der Waals surface area contributed by atoms with Gasteiger partial charge in [-0.3, -0.25) is 4.79 Å². The summed E-state index contributed by atoms with van der Waals surface area (Å²) >= 11 is 0. The molecular formula is C14H20FNO2. The predicted octanol–water partition coefficient (Wildman–Crippen LogP) is 1.99. The average Bonchev–Trinajstić information content (AvgIpc) is 2.24. The minimum Gasteiger partial charge on any atom is -0.389 e. The molecule has 0 aromatic heterocycles. The molecule has 3 nitrogen and oxygen atoms in total. The van der Waals surface area contributed by atoms with Crippen LogP contribution in [-0.4, -0.2) is 34.6 Å². The highest BCUT2D eigenvalue weighted by atomic mass is 19.1. The summed E-state index contributed by atoms with van der Waals surface area (Å²) in [4.78, 5) is 13.6. The molecule has 0 fully saturated rings. The molecule has 0 saturated heterocycles. The zero-order valence-corrected chi connectivity index (χ0v) is 11.1. The Labute approximate surface area is 107 Å². The van der Waals surface area contributed by atoms with Crippen molar-refractivity contribution in [2.45, 2.75) is 32.8 Å². The Bertz CT molecular complexity index is 413. The van der Waals surface area contributed by atoms with Crippen LogP contribution >= 0.6 is 0 Å². The molecular weight excluding hydrogens is 233 g/mol. The van der Waals surface area contributed by atoms with Crippen molar-refractivity contribution in [3.8, 4) is 0 Å². The number of amides is 1. The molecule has 1 rings (SSSR count). The van der Waals surface area contributed by atoms with E-state index in [0.717, 1.165) is 0 Å². The second kappa shape index (κ2) is 5.96. The van der Waals surface area contributed by atoms with E-state index in [4.69, 9.17) is 0 Å². The zero-order chi connectivity index (χ0) is 13.8. The van der Waals surface area contributed by atoms with Crippen LogP contribution in [0.5, 0.6) is 0 Å². The van der Waals surface area contributed by atoms with Crippen molar-refractivity contribution in [3.63, 3.8) is 0 Å². The molecule has 1 amide bonds. The molecule has 0 saturated carbocycles. The maximum Gasteiger partial charge on any atom is 0.227 e. The highest BCUT2D eigenvalue weighted by Crippen LogP contribution is 2.09. The van der Waals surface area contributed by atoms with E-state index < -0.39 is 5.60 Å². The first-order chi connectivity index (χ1) is 8.31. The first-order valence-corrected chi connectivity index (χ1v) is 6.06. The number of aliphatic hydroxyl groups is 1. The number of hydrogen-bond donors (Lipinski definition) is 1. The topological polar surface area (TPSA) is 40.5 Å². The first-order valence-electron chi connectivity index (χ1n) is 6.06. The summed E-state index contributed by atoms with van der Waals surface area (Å²) in [7, 11) is 0. The molecule has 4 heteroatoms. The van der Waals surface area contributed by atoms with E-state index in [1.165, 1.54) is 12.1 Å². The van der Waals surface area contributed by atoms with Gasteiger partial charge in [0, 0.05) is 13.1 Å². The summed E-state index contributed by atoms with van der Waals surface area (Å²) in [6.45, 7) is 5.97. The summed E-state index contributed by atoms with van der Waals surface area (Å²) < 4.78 is 13.0. The lowest BCUT2D eigenvalue weighted by molar-refractivity contribution is -0.133. The Balaban J connectivity index is 2.68. The molecule has 0 aliphatic carbocycles. The fourth-order valence-electron chi connectivity index (χ4n) is 1.78. The molecule has 18 heavy (non-hydrogen) atoms. The summed E-state index contributed by atoms with van der Waals surface area (Å²) in [5.74, 6) is -0.448. The number of hydrogen-bond acceptors (Lipinski definition) is 2. The van der Waals surface area contributed by atoms with Gasteiger partial charge < -0.3 is 10.0 Å². The van der Waals surface area contributed by atoms with E-state index in [-0.39, 0.29) is 24.7 Å². The summed E-state index contributed by atoms with van der Waals surface area (Å²) in [5, 5.41) is 9.72. The van der Waals surface area contributed by atoms with Crippen LogP contribution in [0.4, 0.5) is 4.39 Å². The third-order valence-electron chi connectivity index (χ3n) is 2.56. The van der Waals surface area contributed by atoms with E-state index in [1.807, 2.05) is 6.92 Å². The largest absolute Gasteiger partial charge is 0.389 e. The first kappa shape index (κ1) is 14.6. The molecule has 0 aliphatic heterocycles. The van der Waals surface area contributed by atoms with Crippen molar-refractivity contribution in [2.24, 2.45) is 0 Å². The van der Waals surface area contributed by atoms with Gasteiger partial charge in [-0.25, -0.2) is 4.39 Å². The number of carbonyl (C=O) groups is 1. The van der Waals surface area contributed by atoms with Crippen LogP contribution < -0.4 is 0 Å². The van der Waals surface area contributed by atoms with E-state index in [0.29, 0.717) is 12.1 Å². The lowest BCUT2D eigenvalue weighted by Crippen LogP contribution is -2.42. The van der Waals surface area contributed by atoms with Gasteiger partial charge in [-0.1, -0.05) is 12.1 Å². The lowest BCUT2D eigenvalue weighted by Gasteiger charge is -2.28. The maximum atomic E-state index is 13.0. The number of nitrogens with zero attached hydrogens (tertiary/aromatic N) is 1. The van der Waals surface area contributed by atoms with Gasteiger partial charge in [-0.2, -0.15) is 0 Å². The summed E-state index contributed by atoms with van der Waals surface area (Å²) in [5.41, 5.74) is -0.276. The molecule has 0 atom stereocenters. The van der Waals surface area contributed by atoms with E-state index in [9.17, 15) is 14.3 Å². The number of rotatable bonds is 5. The molecule has 0 unspecified atom stereocenters. The van der Waals surface area contributed by atoms with Gasteiger partial charge in [0.25, 0.3) is 0 Å². The normalized spacial score (nSPS) is 11.4. The summed E-state index contributed by atoms with van der Waals surface area (Å²) in [6.07, 6.45) is 0.154. The smallest absolute Gasteiger partial charge is 0.227 e. The monoisotopic (exact) mass is 253 g/mol. The molecule has 1 aromatic rings. The third kappa shape index (κ3) is 4.84. The van der Waals surface area contributed by atoms with Crippen molar-refractivity contribution >= 4 is 5.91 Å². The Kier molecular flexibility index (Phi) is 4.84. The number of carbonyl (C=O) groups excluding carboxylic acids is 1. The Morgan fingerprint density at radius 3 is 2.61 bits per heavy atom. The number of halogens is 1. The van der Waals surface area contributed by atoms with Gasteiger partial charge in [0.05, 0.1) is 12.0 Å². The SMILES string of the molecule is CCN(CC(C)(C)O)C(=O)Cc1cccc(F)c1.